The first-order chi connectivity index (χ1) is 8.63. The Morgan fingerprint density at radius 2 is 2.00 bits per heavy atom. The summed E-state index contributed by atoms with van der Waals surface area (Å²) < 4.78 is 6.66. The molecule has 1 N–H and O–H groups in total. The van der Waals surface area contributed by atoms with Gasteiger partial charge in [0.2, 0.25) is 0 Å². The van der Waals surface area contributed by atoms with E-state index in [0.717, 1.165) is 42.9 Å². The zero-order valence-electron chi connectivity index (χ0n) is 11.3. The smallest absolute Gasteiger partial charge is 0.137 e. The van der Waals surface area contributed by atoms with Crippen LogP contribution in [0.2, 0.25) is 0 Å². The molecule has 2 rings (SSSR count). The Hall–Kier alpha value is -0.580. The summed E-state index contributed by atoms with van der Waals surface area (Å²) in [7, 11) is 1.75. The largest absolute Gasteiger partial charge is 0.495 e. The monoisotopic (exact) mass is 312 g/mol. The minimum Gasteiger partial charge on any atom is -0.495 e. The van der Waals surface area contributed by atoms with Crippen LogP contribution in [-0.4, -0.2) is 38.2 Å². The molecule has 0 saturated carbocycles. The maximum Gasteiger partial charge on any atom is 0.137 e. The molecule has 18 heavy (non-hydrogen) atoms. The molecular formula is C14H21BrN2O. The molecule has 0 spiro atoms. The number of benzene rings is 1. The van der Waals surface area contributed by atoms with Crippen molar-refractivity contribution in [3.63, 3.8) is 0 Å². The molecule has 1 aromatic rings. The Kier molecular flexibility index (Phi) is 4.65. The van der Waals surface area contributed by atoms with Crippen molar-refractivity contribution in [2.75, 3.05) is 33.3 Å². The number of rotatable bonds is 3. The maximum absolute atomic E-state index is 5.56. The summed E-state index contributed by atoms with van der Waals surface area (Å²) in [6, 6.07) is 2.25. The van der Waals surface area contributed by atoms with E-state index in [9.17, 15) is 0 Å². The summed E-state index contributed by atoms with van der Waals surface area (Å²) in [5.74, 6) is 0.983. The van der Waals surface area contributed by atoms with Gasteiger partial charge >= 0.3 is 0 Å². The predicted molar refractivity (Wildman–Crippen MR) is 78.3 cm³/mol. The van der Waals surface area contributed by atoms with Crippen molar-refractivity contribution in [3.05, 3.63) is 27.2 Å². The summed E-state index contributed by atoms with van der Waals surface area (Å²) in [4.78, 5) is 2.47. The second kappa shape index (κ2) is 6.04. The summed E-state index contributed by atoms with van der Waals surface area (Å²) in [6.07, 6.45) is 0. The molecule has 0 amide bonds. The zero-order chi connectivity index (χ0) is 13.1. The van der Waals surface area contributed by atoms with Crippen LogP contribution in [0, 0.1) is 13.8 Å². The third kappa shape index (κ3) is 2.87. The van der Waals surface area contributed by atoms with Gasteiger partial charge in [0.25, 0.3) is 0 Å². The summed E-state index contributed by atoms with van der Waals surface area (Å²) in [6.45, 7) is 9.60. The molecule has 1 heterocycles. The highest BCUT2D eigenvalue weighted by atomic mass is 79.9. The lowest BCUT2D eigenvalue weighted by molar-refractivity contribution is 0.230. The quantitative estimate of drug-likeness (QED) is 0.928. The summed E-state index contributed by atoms with van der Waals surface area (Å²) in [5.41, 5.74) is 3.85. The minimum absolute atomic E-state index is 0.963. The molecule has 1 fully saturated rings. The summed E-state index contributed by atoms with van der Waals surface area (Å²) >= 11 is 3.65. The number of nitrogens with zero attached hydrogens (tertiary/aromatic N) is 1. The fourth-order valence-corrected chi connectivity index (χ4v) is 3.10. The molecule has 3 nitrogen and oxygen atoms in total. The van der Waals surface area contributed by atoms with E-state index in [-0.39, 0.29) is 0 Å². The molecule has 100 valence electrons. The molecule has 0 aromatic heterocycles. The van der Waals surface area contributed by atoms with Crippen molar-refractivity contribution in [1.29, 1.82) is 0 Å². The van der Waals surface area contributed by atoms with Crippen LogP contribution in [0.15, 0.2) is 10.5 Å². The van der Waals surface area contributed by atoms with Gasteiger partial charge in [0.05, 0.1) is 11.6 Å². The first-order valence-electron chi connectivity index (χ1n) is 6.39. The highest BCUT2D eigenvalue weighted by Gasteiger charge is 2.16. The van der Waals surface area contributed by atoms with Crippen LogP contribution in [0.25, 0.3) is 0 Å². The molecule has 0 aliphatic carbocycles. The predicted octanol–water partition coefficient (Wildman–Crippen LogP) is 2.48. The number of ether oxygens (including phenoxy) is 1. The number of halogens is 1. The van der Waals surface area contributed by atoms with Gasteiger partial charge in [-0.3, -0.25) is 4.90 Å². The molecule has 1 aromatic carbocycles. The summed E-state index contributed by atoms with van der Waals surface area (Å²) in [5, 5.41) is 3.38. The van der Waals surface area contributed by atoms with E-state index in [1.54, 1.807) is 7.11 Å². The van der Waals surface area contributed by atoms with Crippen molar-refractivity contribution < 1.29 is 4.74 Å². The van der Waals surface area contributed by atoms with Crippen LogP contribution in [-0.2, 0) is 6.54 Å². The Morgan fingerprint density at radius 1 is 1.33 bits per heavy atom. The number of hydrogen-bond donors (Lipinski definition) is 1. The minimum atomic E-state index is 0.963. The molecule has 0 bridgehead atoms. The normalized spacial score (nSPS) is 16.9. The lowest BCUT2D eigenvalue weighted by Gasteiger charge is -2.28. The van der Waals surface area contributed by atoms with E-state index in [4.69, 9.17) is 4.74 Å². The van der Waals surface area contributed by atoms with Gasteiger partial charge in [-0.25, -0.2) is 0 Å². The van der Waals surface area contributed by atoms with E-state index in [0.29, 0.717) is 0 Å². The third-order valence-electron chi connectivity index (χ3n) is 3.61. The van der Waals surface area contributed by atoms with Crippen molar-refractivity contribution in [2.45, 2.75) is 20.4 Å². The topological polar surface area (TPSA) is 24.5 Å². The molecule has 0 unspecified atom stereocenters. The van der Waals surface area contributed by atoms with Crippen molar-refractivity contribution in [3.8, 4) is 5.75 Å². The van der Waals surface area contributed by atoms with Gasteiger partial charge in [0.15, 0.2) is 0 Å². The van der Waals surface area contributed by atoms with Gasteiger partial charge < -0.3 is 10.1 Å². The highest BCUT2D eigenvalue weighted by Crippen LogP contribution is 2.34. The molecule has 1 aliphatic heterocycles. The zero-order valence-corrected chi connectivity index (χ0v) is 12.9. The fraction of sp³-hybridized carbons (Fsp3) is 0.571. The number of nitrogens with one attached hydrogen (secondary N) is 1. The maximum atomic E-state index is 5.56. The number of methoxy groups -OCH3 is 1. The number of aryl methyl sites for hydroxylation is 1. The standard InChI is InChI=1S/C14H21BrN2O/c1-10-8-12(9-17-6-4-16-5-7-17)14(18-3)13(15)11(10)2/h8,16H,4-7,9H2,1-3H3. The first kappa shape index (κ1) is 13.8. The lowest BCUT2D eigenvalue weighted by atomic mass is 10.0. The Balaban J connectivity index is 2.25. The van der Waals surface area contributed by atoms with E-state index >= 15 is 0 Å². The molecule has 1 aliphatic rings. The van der Waals surface area contributed by atoms with Gasteiger partial charge in [0.1, 0.15) is 5.75 Å². The number of piperazine rings is 1. The van der Waals surface area contributed by atoms with Crippen molar-refractivity contribution in [1.82, 2.24) is 10.2 Å². The van der Waals surface area contributed by atoms with Crippen LogP contribution in [0.4, 0.5) is 0 Å². The van der Waals surface area contributed by atoms with Gasteiger partial charge in [0, 0.05) is 38.3 Å². The second-order valence-electron chi connectivity index (χ2n) is 4.85. The van der Waals surface area contributed by atoms with Crippen LogP contribution in [0.5, 0.6) is 5.75 Å². The van der Waals surface area contributed by atoms with Gasteiger partial charge in [-0.15, -0.1) is 0 Å². The molecule has 0 radical (unpaired) electrons. The van der Waals surface area contributed by atoms with Crippen molar-refractivity contribution in [2.24, 2.45) is 0 Å². The molecule has 0 atom stereocenters. The highest BCUT2D eigenvalue weighted by molar-refractivity contribution is 9.10. The van der Waals surface area contributed by atoms with Crippen molar-refractivity contribution >= 4 is 15.9 Å². The van der Waals surface area contributed by atoms with Crippen LogP contribution in [0.1, 0.15) is 16.7 Å². The van der Waals surface area contributed by atoms with Gasteiger partial charge in [-0.05, 0) is 40.9 Å². The average Bonchev–Trinajstić information content (AvgIpc) is 2.38. The Labute approximate surface area is 118 Å². The third-order valence-corrected chi connectivity index (χ3v) is 4.57. The van der Waals surface area contributed by atoms with E-state index in [2.05, 4.69) is 46.1 Å². The Bertz CT molecular complexity index is 428. The first-order valence-corrected chi connectivity index (χ1v) is 7.18. The molecule has 1 saturated heterocycles. The van der Waals surface area contributed by atoms with Crippen LogP contribution < -0.4 is 10.1 Å². The average molecular weight is 313 g/mol. The van der Waals surface area contributed by atoms with E-state index < -0.39 is 0 Å². The molecular weight excluding hydrogens is 292 g/mol. The second-order valence-corrected chi connectivity index (χ2v) is 5.64. The van der Waals surface area contributed by atoms with Crippen LogP contribution >= 0.6 is 15.9 Å². The fourth-order valence-electron chi connectivity index (χ4n) is 2.37. The van der Waals surface area contributed by atoms with Crippen LogP contribution in [0.3, 0.4) is 0 Å². The SMILES string of the molecule is COc1c(CN2CCNCC2)cc(C)c(C)c1Br. The Morgan fingerprint density at radius 3 is 2.61 bits per heavy atom. The van der Waals surface area contributed by atoms with E-state index in [1.807, 2.05) is 0 Å². The van der Waals surface area contributed by atoms with Gasteiger partial charge in [-0.1, -0.05) is 6.07 Å². The number of hydrogen-bond acceptors (Lipinski definition) is 3. The molecule has 4 heteroatoms. The van der Waals surface area contributed by atoms with E-state index in [1.165, 1.54) is 16.7 Å². The lowest BCUT2D eigenvalue weighted by Crippen LogP contribution is -2.42. The van der Waals surface area contributed by atoms with Gasteiger partial charge in [-0.2, -0.15) is 0 Å².